The smallest absolute Gasteiger partial charge is 0.171 e. The van der Waals surface area contributed by atoms with Crippen molar-refractivity contribution in [2.75, 3.05) is 14.2 Å². The molecule has 0 saturated carbocycles. The van der Waals surface area contributed by atoms with Crippen LogP contribution in [0.1, 0.15) is 17.2 Å². The first-order valence-electron chi connectivity index (χ1n) is 6.88. The minimum Gasteiger partial charge on any atom is -0.478 e. The maximum atomic E-state index is 6.11. The topological polar surface area (TPSA) is 52.4 Å². The van der Waals surface area contributed by atoms with Crippen LogP contribution >= 0.6 is 0 Å². The van der Waals surface area contributed by atoms with Crippen LogP contribution in [-0.4, -0.2) is 25.6 Å². The summed E-state index contributed by atoms with van der Waals surface area (Å²) in [4.78, 5) is 9.99. The van der Waals surface area contributed by atoms with Crippen LogP contribution in [-0.2, 0) is 9.68 Å². The molecule has 0 aromatic heterocycles. The van der Waals surface area contributed by atoms with Crippen LogP contribution in [0.2, 0.25) is 0 Å². The molecule has 0 spiro atoms. The van der Waals surface area contributed by atoms with Gasteiger partial charge in [0, 0.05) is 5.56 Å². The average molecular weight is 296 g/mol. The third-order valence-electron chi connectivity index (χ3n) is 3.35. The highest BCUT2D eigenvalue weighted by molar-refractivity contribution is 6.50. The van der Waals surface area contributed by atoms with Crippen LogP contribution < -0.4 is 4.74 Å². The predicted octanol–water partition coefficient (Wildman–Crippen LogP) is 3.17. The predicted molar refractivity (Wildman–Crippen MR) is 84.2 cm³/mol. The Labute approximate surface area is 128 Å². The van der Waals surface area contributed by atoms with E-state index in [0.717, 1.165) is 16.9 Å². The van der Waals surface area contributed by atoms with Gasteiger partial charge in [-0.05, 0) is 17.7 Å². The maximum absolute atomic E-state index is 6.11. The zero-order valence-corrected chi connectivity index (χ0v) is 12.4. The van der Waals surface area contributed by atoms with Crippen molar-refractivity contribution in [3.05, 3.63) is 65.7 Å². The van der Waals surface area contributed by atoms with Gasteiger partial charge < -0.3 is 14.4 Å². The summed E-state index contributed by atoms with van der Waals surface area (Å²) in [6.07, 6.45) is -0.398. The van der Waals surface area contributed by atoms with Crippen molar-refractivity contribution in [3.63, 3.8) is 0 Å². The first kappa shape index (κ1) is 14.1. The van der Waals surface area contributed by atoms with Gasteiger partial charge in [0.05, 0.1) is 0 Å². The summed E-state index contributed by atoms with van der Waals surface area (Å²) < 4.78 is 6.11. The van der Waals surface area contributed by atoms with Crippen molar-refractivity contribution in [1.29, 1.82) is 0 Å². The Morgan fingerprint density at radius 2 is 1.55 bits per heavy atom. The van der Waals surface area contributed by atoms with E-state index in [0.29, 0.717) is 11.4 Å². The van der Waals surface area contributed by atoms with E-state index in [-0.39, 0.29) is 0 Å². The lowest BCUT2D eigenvalue weighted by Gasteiger charge is -2.28. The number of para-hydroxylation sites is 1. The number of nitrogens with zero attached hydrogens (tertiary/aromatic N) is 2. The summed E-state index contributed by atoms with van der Waals surface area (Å²) in [7, 11) is 3.01. The highest BCUT2D eigenvalue weighted by atomic mass is 16.6. The second-order valence-corrected chi connectivity index (χ2v) is 4.69. The quantitative estimate of drug-likeness (QED) is 0.817. The number of rotatable bonds is 3. The third kappa shape index (κ3) is 2.53. The number of fused-ring (bicyclic) bond motifs is 1. The molecule has 1 atom stereocenters. The highest BCUT2D eigenvalue weighted by Crippen LogP contribution is 2.33. The molecule has 0 aliphatic carbocycles. The van der Waals surface area contributed by atoms with E-state index in [9.17, 15) is 0 Å². The fourth-order valence-corrected chi connectivity index (χ4v) is 2.44. The Balaban J connectivity index is 2.16. The van der Waals surface area contributed by atoms with E-state index >= 15 is 0 Å². The zero-order valence-electron chi connectivity index (χ0n) is 12.4. The second-order valence-electron chi connectivity index (χ2n) is 4.69. The molecule has 0 amide bonds. The lowest BCUT2D eigenvalue weighted by Crippen LogP contribution is -2.33. The van der Waals surface area contributed by atoms with Gasteiger partial charge in [-0.15, -0.1) is 0 Å². The fraction of sp³-hybridized carbons (Fsp3) is 0.176. The van der Waals surface area contributed by atoms with Gasteiger partial charge in [-0.25, -0.2) is 0 Å². The SMILES string of the molecule is CO/N=C1/C(=N\OC)C(c2ccccc2)Oc2ccccc21. The summed E-state index contributed by atoms with van der Waals surface area (Å²) in [5, 5.41) is 8.25. The molecule has 0 N–H and O–H groups in total. The zero-order chi connectivity index (χ0) is 15.4. The van der Waals surface area contributed by atoms with Gasteiger partial charge in [-0.1, -0.05) is 52.8 Å². The fourth-order valence-electron chi connectivity index (χ4n) is 2.44. The Hall–Kier alpha value is -2.82. The molecular formula is C17H16N2O3. The number of oxime groups is 2. The van der Waals surface area contributed by atoms with Crippen LogP contribution in [0.3, 0.4) is 0 Å². The van der Waals surface area contributed by atoms with Crippen LogP contribution in [0.15, 0.2) is 64.9 Å². The van der Waals surface area contributed by atoms with Crippen molar-refractivity contribution in [1.82, 2.24) is 0 Å². The molecule has 0 radical (unpaired) electrons. The van der Waals surface area contributed by atoms with Gasteiger partial charge in [0.1, 0.15) is 25.7 Å². The lowest BCUT2D eigenvalue weighted by molar-refractivity contribution is 0.197. The molecule has 0 fully saturated rings. The van der Waals surface area contributed by atoms with Crippen LogP contribution in [0.25, 0.3) is 0 Å². The number of benzene rings is 2. The van der Waals surface area contributed by atoms with Gasteiger partial charge >= 0.3 is 0 Å². The van der Waals surface area contributed by atoms with Crippen LogP contribution in [0.5, 0.6) is 5.75 Å². The Morgan fingerprint density at radius 1 is 0.864 bits per heavy atom. The van der Waals surface area contributed by atoms with Gasteiger partial charge in [-0.3, -0.25) is 0 Å². The van der Waals surface area contributed by atoms with Gasteiger partial charge in [0.15, 0.2) is 11.8 Å². The van der Waals surface area contributed by atoms with Crippen molar-refractivity contribution in [2.45, 2.75) is 6.10 Å². The van der Waals surface area contributed by atoms with Crippen LogP contribution in [0.4, 0.5) is 0 Å². The molecule has 1 heterocycles. The molecule has 112 valence electrons. The summed E-state index contributed by atoms with van der Waals surface area (Å²) in [5.41, 5.74) is 2.98. The van der Waals surface area contributed by atoms with Gasteiger partial charge in [0.25, 0.3) is 0 Å². The van der Waals surface area contributed by atoms with Crippen molar-refractivity contribution < 1.29 is 14.4 Å². The van der Waals surface area contributed by atoms with E-state index in [4.69, 9.17) is 14.4 Å². The van der Waals surface area contributed by atoms with Crippen molar-refractivity contribution in [3.8, 4) is 5.75 Å². The summed E-state index contributed by atoms with van der Waals surface area (Å²) in [6.45, 7) is 0. The molecule has 3 rings (SSSR count). The Kier molecular flexibility index (Phi) is 4.05. The molecule has 1 unspecified atom stereocenters. The van der Waals surface area contributed by atoms with E-state index < -0.39 is 6.10 Å². The maximum Gasteiger partial charge on any atom is 0.171 e. The first-order valence-corrected chi connectivity index (χ1v) is 6.88. The Morgan fingerprint density at radius 3 is 2.27 bits per heavy atom. The number of ether oxygens (including phenoxy) is 1. The van der Waals surface area contributed by atoms with Crippen molar-refractivity contribution >= 4 is 11.4 Å². The molecule has 1 aliphatic rings. The molecule has 5 nitrogen and oxygen atoms in total. The van der Waals surface area contributed by atoms with Gasteiger partial charge in [0.2, 0.25) is 0 Å². The van der Waals surface area contributed by atoms with E-state index in [1.165, 1.54) is 14.2 Å². The molecule has 0 bridgehead atoms. The number of hydrogen-bond donors (Lipinski definition) is 0. The molecule has 2 aromatic carbocycles. The minimum atomic E-state index is -0.398. The monoisotopic (exact) mass is 296 g/mol. The van der Waals surface area contributed by atoms with Crippen molar-refractivity contribution in [2.24, 2.45) is 10.3 Å². The van der Waals surface area contributed by atoms with E-state index in [1.807, 2.05) is 54.6 Å². The van der Waals surface area contributed by atoms with Crippen LogP contribution in [0, 0.1) is 0 Å². The Bertz CT molecular complexity index is 711. The number of hydrogen-bond acceptors (Lipinski definition) is 5. The standard InChI is InChI=1S/C17H16N2O3/c1-20-18-15-13-10-6-7-11-14(13)22-17(16(15)19-21-2)12-8-4-3-5-9-12/h3-11,17H,1-2H3/b18-15+,19-16+. The molecule has 1 aliphatic heterocycles. The molecular weight excluding hydrogens is 280 g/mol. The minimum absolute atomic E-state index is 0.398. The molecule has 5 heteroatoms. The lowest BCUT2D eigenvalue weighted by atomic mass is 9.93. The van der Waals surface area contributed by atoms with E-state index in [2.05, 4.69) is 10.3 Å². The molecule has 2 aromatic rings. The summed E-state index contributed by atoms with van der Waals surface area (Å²) in [5.74, 6) is 0.738. The molecule has 22 heavy (non-hydrogen) atoms. The first-order chi connectivity index (χ1) is 10.8. The highest BCUT2D eigenvalue weighted by Gasteiger charge is 2.34. The normalized spacial score (nSPS) is 20.4. The summed E-state index contributed by atoms with van der Waals surface area (Å²) >= 11 is 0. The van der Waals surface area contributed by atoms with E-state index in [1.54, 1.807) is 0 Å². The molecule has 0 saturated heterocycles. The average Bonchev–Trinajstić information content (AvgIpc) is 2.57. The third-order valence-corrected chi connectivity index (χ3v) is 3.35. The largest absolute Gasteiger partial charge is 0.478 e. The summed E-state index contributed by atoms with van der Waals surface area (Å²) in [6, 6.07) is 17.5. The second kappa shape index (κ2) is 6.30. The van der Waals surface area contributed by atoms with Gasteiger partial charge in [-0.2, -0.15) is 0 Å².